The SMILES string of the molecule is CC(C(=O)N1CCCC(c2ncc3n2CCCC3)C1)S(C)(=O)=O. The highest BCUT2D eigenvalue weighted by atomic mass is 32.2. The summed E-state index contributed by atoms with van der Waals surface area (Å²) in [6.45, 7) is 3.71. The first-order valence-corrected chi connectivity index (χ1v) is 10.4. The van der Waals surface area contributed by atoms with Gasteiger partial charge in [-0.05, 0) is 39.0 Å². The second kappa shape index (κ2) is 6.26. The van der Waals surface area contributed by atoms with Crippen LogP contribution < -0.4 is 0 Å². The van der Waals surface area contributed by atoms with Crippen molar-refractivity contribution >= 4 is 15.7 Å². The fourth-order valence-corrected chi connectivity index (χ4v) is 4.13. The molecular formula is C16H25N3O3S. The third-order valence-corrected chi connectivity index (χ3v) is 6.61. The van der Waals surface area contributed by atoms with Crippen molar-refractivity contribution in [3.8, 4) is 0 Å². The number of carbonyl (C=O) groups excluding carboxylic acids is 1. The Bertz CT molecular complexity index is 695. The minimum atomic E-state index is -3.35. The Morgan fingerprint density at radius 2 is 2.09 bits per heavy atom. The van der Waals surface area contributed by atoms with Gasteiger partial charge in [0.2, 0.25) is 5.91 Å². The number of hydrogen-bond donors (Lipinski definition) is 0. The van der Waals surface area contributed by atoms with E-state index in [2.05, 4.69) is 9.55 Å². The standard InChI is InChI=1S/C16H25N3O3S/c1-12(23(2,21)22)16(20)18-8-5-6-13(11-18)15-17-10-14-7-3-4-9-19(14)15/h10,12-13H,3-9,11H2,1-2H3. The normalized spacial score (nSPS) is 23.4. The van der Waals surface area contributed by atoms with E-state index in [1.54, 1.807) is 4.90 Å². The number of nitrogens with zero attached hydrogens (tertiary/aromatic N) is 3. The van der Waals surface area contributed by atoms with Crippen LogP contribution in [-0.2, 0) is 27.6 Å². The number of fused-ring (bicyclic) bond motifs is 1. The molecule has 6 nitrogen and oxygen atoms in total. The summed E-state index contributed by atoms with van der Waals surface area (Å²) in [7, 11) is -3.35. The average molecular weight is 339 g/mol. The van der Waals surface area contributed by atoms with Gasteiger partial charge >= 0.3 is 0 Å². The van der Waals surface area contributed by atoms with Gasteiger partial charge in [0.25, 0.3) is 0 Å². The topological polar surface area (TPSA) is 72.3 Å². The van der Waals surface area contributed by atoms with Gasteiger partial charge in [0.05, 0.1) is 0 Å². The maximum Gasteiger partial charge on any atom is 0.240 e. The summed E-state index contributed by atoms with van der Waals surface area (Å²) >= 11 is 0. The third-order valence-electron chi connectivity index (χ3n) is 5.12. The lowest BCUT2D eigenvalue weighted by Crippen LogP contribution is -2.46. The molecule has 2 aliphatic heterocycles. The van der Waals surface area contributed by atoms with Gasteiger partial charge in [-0.15, -0.1) is 0 Å². The van der Waals surface area contributed by atoms with Crippen LogP contribution in [0.2, 0.25) is 0 Å². The summed E-state index contributed by atoms with van der Waals surface area (Å²) in [5, 5.41) is -0.963. The first-order chi connectivity index (χ1) is 10.9. The first kappa shape index (κ1) is 16.5. The maximum absolute atomic E-state index is 12.5. The number of carbonyl (C=O) groups is 1. The summed E-state index contributed by atoms with van der Waals surface area (Å²) in [5.41, 5.74) is 1.29. The van der Waals surface area contributed by atoms with E-state index in [0.29, 0.717) is 13.1 Å². The number of aryl methyl sites for hydroxylation is 1. The number of likely N-dealkylation sites (tertiary alicyclic amines) is 1. The molecule has 3 rings (SSSR count). The molecule has 1 fully saturated rings. The van der Waals surface area contributed by atoms with E-state index in [1.807, 2.05) is 6.20 Å². The highest BCUT2D eigenvalue weighted by molar-refractivity contribution is 7.92. The van der Waals surface area contributed by atoms with Crippen LogP contribution in [-0.4, -0.2) is 53.4 Å². The Morgan fingerprint density at radius 3 is 2.83 bits per heavy atom. The molecule has 0 N–H and O–H groups in total. The second-order valence-electron chi connectivity index (χ2n) is 6.81. The molecule has 0 spiro atoms. The van der Waals surface area contributed by atoms with Crippen molar-refractivity contribution in [2.24, 2.45) is 0 Å². The predicted octanol–water partition coefficient (Wildman–Crippen LogP) is 1.36. The Kier molecular flexibility index (Phi) is 4.49. The molecule has 0 aliphatic carbocycles. The van der Waals surface area contributed by atoms with Crippen LogP contribution in [0.25, 0.3) is 0 Å². The Balaban J connectivity index is 1.76. The van der Waals surface area contributed by atoms with Crippen LogP contribution in [0.1, 0.15) is 50.0 Å². The van der Waals surface area contributed by atoms with E-state index in [1.165, 1.54) is 25.5 Å². The molecule has 1 aromatic rings. The van der Waals surface area contributed by atoms with E-state index in [0.717, 1.165) is 37.9 Å². The number of rotatable bonds is 3. The van der Waals surface area contributed by atoms with Crippen LogP contribution in [0.15, 0.2) is 6.20 Å². The van der Waals surface area contributed by atoms with Crippen molar-refractivity contribution in [2.45, 2.75) is 56.7 Å². The molecule has 2 atom stereocenters. The van der Waals surface area contributed by atoms with E-state index in [9.17, 15) is 13.2 Å². The number of sulfone groups is 1. The van der Waals surface area contributed by atoms with Crippen molar-refractivity contribution in [3.63, 3.8) is 0 Å². The number of imidazole rings is 1. The molecule has 1 amide bonds. The lowest BCUT2D eigenvalue weighted by atomic mass is 9.96. The number of piperidine rings is 1. The largest absolute Gasteiger partial charge is 0.341 e. The van der Waals surface area contributed by atoms with E-state index in [4.69, 9.17) is 0 Å². The monoisotopic (exact) mass is 339 g/mol. The molecule has 0 aromatic carbocycles. The quantitative estimate of drug-likeness (QED) is 0.833. The summed E-state index contributed by atoms with van der Waals surface area (Å²) in [4.78, 5) is 18.8. The van der Waals surface area contributed by atoms with Gasteiger partial charge in [-0.25, -0.2) is 13.4 Å². The number of hydrogen-bond acceptors (Lipinski definition) is 4. The van der Waals surface area contributed by atoms with Crippen molar-refractivity contribution < 1.29 is 13.2 Å². The van der Waals surface area contributed by atoms with Crippen LogP contribution >= 0.6 is 0 Å². The molecular weight excluding hydrogens is 314 g/mol. The van der Waals surface area contributed by atoms with E-state index < -0.39 is 15.1 Å². The highest BCUT2D eigenvalue weighted by Gasteiger charge is 2.33. The molecule has 0 bridgehead atoms. The van der Waals surface area contributed by atoms with Crippen molar-refractivity contribution in [1.29, 1.82) is 0 Å². The molecule has 2 aliphatic rings. The highest BCUT2D eigenvalue weighted by Crippen LogP contribution is 2.29. The molecule has 0 radical (unpaired) electrons. The third kappa shape index (κ3) is 3.29. The predicted molar refractivity (Wildman–Crippen MR) is 88.0 cm³/mol. The fraction of sp³-hybridized carbons (Fsp3) is 0.750. The first-order valence-electron chi connectivity index (χ1n) is 8.40. The molecule has 2 unspecified atom stereocenters. The molecule has 128 valence electrons. The summed E-state index contributed by atoms with van der Waals surface area (Å²) in [5.74, 6) is 1.01. The average Bonchev–Trinajstić information content (AvgIpc) is 2.97. The van der Waals surface area contributed by atoms with Crippen molar-refractivity contribution in [1.82, 2.24) is 14.5 Å². The van der Waals surface area contributed by atoms with Gasteiger partial charge in [-0.1, -0.05) is 0 Å². The number of amides is 1. The Labute approximate surface area is 137 Å². The zero-order valence-corrected chi connectivity index (χ0v) is 14.7. The summed E-state index contributed by atoms with van der Waals surface area (Å²) < 4.78 is 25.6. The Morgan fingerprint density at radius 1 is 1.30 bits per heavy atom. The lowest BCUT2D eigenvalue weighted by molar-refractivity contribution is -0.131. The van der Waals surface area contributed by atoms with E-state index in [-0.39, 0.29) is 11.8 Å². The molecule has 7 heteroatoms. The van der Waals surface area contributed by atoms with Gasteiger partial charge in [0.1, 0.15) is 11.1 Å². The molecule has 1 saturated heterocycles. The second-order valence-corrected chi connectivity index (χ2v) is 9.18. The van der Waals surface area contributed by atoms with Gasteiger partial charge in [0, 0.05) is 43.7 Å². The molecule has 3 heterocycles. The summed E-state index contributed by atoms with van der Waals surface area (Å²) in [6, 6.07) is 0. The summed E-state index contributed by atoms with van der Waals surface area (Å²) in [6.07, 6.45) is 8.47. The fourth-order valence-electron chi connectivity index (χ4n) is 3.61. The van der Waals surface area contributed by atoms with Gasteiger partial charge in [-0.2, -0.15) is 0 Å². The van der Waals surface area contributed by atoms with Crippen molar-refractivity contribution in [2.75, 3.05) is 19.3 Å². The van der Waals surface area contributed by atoms with Gasteiger partial charge in [-0.3, -0.25) is 4.79 Å². The van der Waals surface area contributed by atoms with Crippen LogP contribution in [0.5, 0.6) is 0 Å². The van der Waals surface area contributed by atoms with Crippen LogP contribution in [0.3, 0.4) is 0 Å². The van der Waals surface area contributed by atoms with Crippen molar-refractivity contribution in [3.05, 3.63) is 17.7 Å². The van der Waals surface area contributed by atoms with Gasteiger partial charge < -0.3 is 9.47 Å². The van der Waals surface area contributed by atoms with Crippen LogP contribution in [0, 0.1) is 0 Å². The maximum atomic E-state index is 12.5. The Hall–Kier alpha value is -1.37. The number of aromatic nitrogens is 2. The van der Waals surface area contributed by atoms with E-state index >= 15 is 0 Å². The molecule has 1 aromatic heterocycles. The molecule has 0 saturated carbocycles. The zero-order valence-electron chi connectivity index (χ0n) is 13.9. The lowest BCUT2D eigenvalue weighted by Gasteiger charge is -2.34. The van der Waals surface area contributed by atoms with Crippen LogP contribution in [0.4, 0.5) is 0 Å². The minimum Gasteiger partial charge on any atom is -0.341 e. The minimum absolute atomic E-state index is 0.214. The smallest absolute Gasteiger partial charge is 0.240 e. The van der Waals surface area contributed by atoms with Gasteiger partial charge in [0.15, 0.2) is 9.84 Å². The zero-order chi connectivity index (χ0) is 16.6. The molecule has 23 heavy (non-hydrogen) atoms.